The van der Waals surface area contributed by atoms with E-state index in [0.717, 1.165) is 32.1 Å². The molecule has 1 rings (SSSR count). The van der Waals surface area contributed by atoms with Crippen LogP contribution in [0.15, 0.2) is 29.3 Å². The number of halogens is 1. The first kappa shape index (κ1) is 24.1. The maximum atomic E-state index is 5.17. The third kappa shape index (κ3) is 10.0. The second-order valence-corrected chi connectivity index (χ2v) is 5.98. The first-order valence-corrected chi connectivity index (χ1v) is 8.96. The molecule has 0 fully saturated rings. The zero-order valence-electron chi connectivity index (χ0n) is 16.3. The number of hydrogen-bond acceptors (Lipinski definition) is 3. The van der Waals surface area contributed by atoms with Gasteiger partial charge in [-0.15, -0.1) is 24.0 Å². The van der Waals surface area contributed by atoms with E-state index in [4.69, 9.17) is 9.73 Å². The Hall–Kier alpha value is -0.860. The molecular formula is C19H35IN4O. The van der Waals surface area contributed by atoms with Crippen molar-refractivity contribution in [2.75, 3.05) is 33.4 Å². The Bertz CT molecular complexity index is 492. The first-order chi connectivity index (χ1) is 11.6. The van der Waals surface area contributed by atoms with E-state index in [-0.39, 0.29) is 30.0 Å². The third-order valence-corrected chi connectivity index (χ3v) is 3.86. The van der Waals surface area contributed by atoms with Crippen molar-refractivity contribution in [1.82, 2.24) is 15.5 Å². The lowest BCUT2D eigenvalue weighted by Crippen LogP contribution is -2.43. The fourth-order valence-corrected chi connectivity index (χ4v) is 2.55. The number of benzene rings is 1. The van der Waals surface area contributed by atoms with E-state index >= 15 is 0 Å². The highest BCUT2D eigenvalue weighted by molar-refractivity contribution is 14.0. The van der Waals surface area contributed by atoms with Crippen molar-refractivity contribution in [2.24, 2.45) is 4.99 Å². The highest BCUT2D eigenvalue weighted by Gasteiger charge is 2.05. The molecular weight excluding hydrogens is 427 g/mol. The number of guanidine groups is 1. The van der Waals surface area contributed by atoms with Gasteiger partial charge in [0.15, 0.2) is 5.96 Å². The van der Waals surface area contributed by atoms with Crippen LogP contribution in [0.1, 0.15) is 38.8 Å². The lowest BCUT2D eigenvalue weighted by atomic mass is 10.1. The minimum atomic E-state index is 0. The molecule has 0 amide bonds. The van der Waals surface area contributed by atoms with Gasteiger partial charge in [-0.3, -0.25) is 4.90 Å². The second kappa shape index (κ2) is 14.3. The molecule has 0 heterocycles. The van der Waals surface area contributed by atoms with Gasteiger partial charge in [-0.1, -0.05) is 38.1 Å². The van der Waals surface area contributed by atoms with Crippen molar-refractivity contribution in [3.63, 3.8) is 0 Å². The van der Waals surface area contributed by atoms with E-state index in [1.165, 1.54) is 11.1 Å². The number of rotatable bonds is 10. The molecule has 0 bridgehead atoms. The van der Waals surface area contributed by atoms with Crippen LogP contribution in [0, 0.1) is 0 Å². The highest BCUT2D eigenvalue weighted by Crippen LogP contribution is 2.09. The summed E-state index contributed by atoms with van der Waals surface area (Å²) in [6.07, 6.45) is 0. The number of hydrogen-bond donors (Lipinski definition) is 2. The van der Waals surface area contributed by atoms with Crippen molar-refractivity contribution in [2.45, 2.75) is 46.8 Å². The van der Waals surface area contributed by atoms with Crippen LogP contribution in [0.2, 0.25) is 0 Å². The summed E-state index contributed by atoms with van der Waals surface area (Å²) in [5.74, 6) is 0.830. The van der Waals surface area contributed by atoms with Crippen molar-refractivity contribution in [3.8, 4) is 0 Å². The summed E-state index contributed by atoms with van der Waals surface area (Å²) in [6, 6.07) is 8.93. The molecule has 0 aromatic heterocycles. The quantitative estimate of drug-likeness (QED) is 0.319. The molecule has 0 radical (unpaired) electrons. The van der Waals surface area contributed by atoms with E-state index in [9.17, 15) is 0 Å². The average Bonchev–Trinajstić information content (AvgIpc) is 2.58. The molecule has 0 aliphatic carbocycles. The molecule has 6 heteroatoms. The maximum absolute atomic E-state index is 5.17. The van der Waals surface area contributed by atoms with Crippen LogP contribution in [0.5, 0.6) is 0 Å². The Morgan fingerprint density at radius 2 is 1.88 bits per heavy atom. The van der Waals surface area contributed by atoms with Crippen LogP contribution in [-0.4, -0.2) is 50.3 Å². The molecule has 0 spiro atoms. The van der Waals surface area contributed by atoms with Gasteiger partial charge in [-0.05, 0) is 38.1 Å². The molecule has 0 aliphatic heterocycles. The number of nitrogens with one attached hydrogen (secondary N) is 2. The average molecular weight is 462 g/mol. The lowest BCUT2D eigenvalue weighted by Gasteiger charge is -2.18. The molecule has 144 valence electrons. The number of aliphatic imine (C=N–C) groups is 1. The summed E-state index contributed by atoms with van der Waals surface area (Å²) in [6.45, 7) is 13.9. The molecule has 25 heavy (non-hydrogen) atoms. The van der Waals surface area contributed by atoms with Crippen LogP contribution in [0.25, 0.3) is 0 Å². The predicted octanol–water partition coefficient (Wildman–Crippen LogP) is 3.24. The van der Waals surface area contributed by atoms with E-state index in [1.54, 1.807) is 7.11 Å². The summed E-state index contributed by atoms with van der Waals surface area (Å²) in [5.41, 5.74) is 2.58. The van der Waals surface area contributed by atoms with E-state index in [2.05, 4.69) is 67.5 Å². The van der Waals surface area contributed by atoms with E-state index < -0.39 is 0 Å². The van der Waals surface area contributed by atoms with Gasteiger partial charge < -0.3 is 15.4 Å². The van der Waals surface area contributed by atoms with Gasteiger partial charge in [-0.25, -0.2) is 4.99 Å². The van der Waals surface area contributed by atoms with Crippen molar-refractivity contribution in [1.29, 1.82) is 0 Å². The van der Waals surface area contributed by atoms with Gasteiger partial charge in [0, 0.05) is 26.2 Å². The molecule has 0 aliphatic rings. The van der Waals surface area contributed by atoms with Crippen LogP contribution in [0.3, 0.4) is 0 Å². The summed E-state index contributed by atoms with van der Waals surface area (Å²) in [5, 5.41) is 6.64. The second-order valence-electron chi connectivity index (χ2n) is 5.98. The van der Waals surface area contributed by atoms with Gasteiger partial charge in [0.1, 0.15) is 0 Å². The highest BCUT2D eigenvalue weighted by atomic mass is 127. The van der Waals surface area contributed by atoms with Crippen LogP contribution < -0.4 is 10.6 Å². The van der Waals surface area contributed by atoms with Gasteiger partial charge in [0.2, 0.25) is 0 Å². The van der Waals surface area contributed by atoms with Gasteiger partial charge in [-0.2, -0.15) is 0 Å². The van der Waals surface area contributed by atoms with Crippen molar-refractivity contribution < 1.29 is 4.74 Å². The van der Waals surface area contributed by atoms with E-state index in [0.29, 0.717) is 13.2 Å². The minimum absolute atomic E-state index is 0. The molecule has 1 atom stereocenters. The molecule has 1 aromatic rings. The molecule has 5 nitrogen and oxygen atoms in total. The zero-order valence-corrected chi connectivity index (χ0v) is 18.7. The van der Waals surface area contributed by atoms with Crippen molar-refractivity contribution in [3.05, 3.63) is 35.4 Å². The number of methoxy groups -OCH3 is 1. The number of nitrogens with zero attached hydrogens (tertiary/aromatic N) is 2. The normalized spacial score (nSPS) is 12.6. The standard InChI is InChI=1S/C19H34N4O.HI/c1-6-20-19(22-16(4)15-24-5)21-13-17-10-9-11-18(12-17)14-23(7-2)8-3;/h9-12,16H,6-8,13-15H2,1-5H3,(H2,20,21,22);1H. The molecule has 1 unspecified atom stereocenters. The fourth-order valence-electron chi connectivity index (χ4n) is 2.55. The monoisotopic (exact) mass is 462 g/mol. The Labute approximate surface area is 170 Å². The first-order valence-electron chi connectivity index (χ1n) is 8.96. The molecule has 2 N–H and O–H groups in total. The predicted molar refractivity (Wildman–Crippen MR) is 118 cm³/mol. The van der Waals surface area contributed by atoms with Crippen LogP contribution in [-0.2, 0) is 17.8 Å². The largest absolute Gasteiger partial charge is 0.383 e. The zero-order chi connectivity index (χ0) is 17.8. The van der Waals surface area contributed by atoms with E-state index in [1.807, 2.05) is 0 Å². The van der Waals surface area contributed by atoms with Crippen molar-refractivity contribution >= 4 is 29.9 Å². The van der Waals surface area contributed by atoms with Crippen LogP contribution >= 0.6 is 24.0 Å². The molecule has 0 saturated carbocycles. The maximum Gasteiger partial charge on any atom is 0.191 e. The third-order valence-electron chi connectivity index (χ3n) is 3.86. The Kier molecular flexibility index (Phi) is 13.8. The summed E-state index contributed by atoms with van der Waals surface area (Å²) < 4.78 is 5.17. The SMILES string of the molecule is CCNC(=NCc1cccc(CN(CC)CC)c1)NC(C)COC.I. The van der Waals surface area contributed by atoms with Crippen LogP contribution in [0.4, 0.5) is 0 Å². The molecule has 0 saturated heterocycles. The van der Waals surface area contributed by atoms with Gasteiger partial charge >= 0.3 is 0 Å². The smallest absolute Gasteiger partial charge is 0.191 e. The fraction of sp³-hybridized carbons (Fsp3) is 0.632. The summed E-state index contributed by atoms with van der Waals surface area (Å²) in [7, 11) is 1.71. The lowest BCUT2D eigenvalue weighted by molar-refractivity contribution is 0.179. The number of ether oxygens (including phenoxy) is 1. The Morgan fingerprint density at radius 1 is 1.20 bits per heavy atom. The Morgan fingerprint density at radius 3 is 2.48 bits per heavy atom. The van der Waals surface area contributed by atoms with Gasteiger partial charge in [0.05, 0.1) is 13.2 Å². The minimum Gasteiger partial charge on any atom is -0.383 e. The molecule has 1 aromatic carbocycles. The Balaban J connectivity index is 0.00000576. The summed E-state index contributed by atoms with van der Waals surface area (Å²) in [4.78, 5) is 7.11. The topological polar surface area (TPSA) is 48.9 Å². The van der Waals surface area contributed by atoms with Gasteiger partial charge in [0.25, 0.3) is 0 Å². The summed E-state index contributed by atoms with van der Waals surface area (Å²) >= 11 is 0.